The molecule has 8 nitrogen and oxygen atoms in total. The first-order chi connectivity index (χ1) is 20.8. The van der Waals surface area contributed by atoms with Gasteiger partial charge in [-0.05, 0) is 34.8 Å². The Labute approximate surface area is 257 Å². The van der Waals surface area contributed by atoms with Crippen LogP contribution in [-0.4, -0.2) is 47.9 Å². The fraction of sp³-hybridized carbons (Fsp3) is 0.353. The van der Waals surface area contributed by atoms with Crippen LogP contribution in [0.25, 0.3) is 0 Å². The number of benzene rings is 3. The third-order valence-electron chi connectivity index (χ3n) is 8.75. The van der Waals surface area contributed by atoms with E-state index >= 15 is 0 Å². The Kier molecular flexibility index (Phi) is 8.93. The van der Waals surface area contributed by atoms with Crippen LogP contribution >= 0.6 is 0 Å². The lowest BCUT2D eigenvalue weighted by Crippen LogP contribution is -2.50. The summed E-state index contributed by atoms with van der Waals surface area (Å²) in [6.07, 6.45) is -3.66. The molecule has 0 aliphatic carbocycles. The van der Waals surface area contributed by atoms with Crippen LogP contribution in [0, 0.1) is 5.82 Å². The SMILES string of the molecule is CC(C)(C)[Si](C)(C)OC1C(O)[C@H](COC(c2ccccc2)(c2ccccc2)c2ccccc2)O[C@@H]1n1cc(F)c(=O)[nH]c1=O. The number of rotatable bonds is 9. The second-order valence-corrected chi connectivity index (χ2v) is 17.4. The lowest BCUT2D eigenvalue weighted by molar-refractivity contribution is -0.0958. The van der Waals surface area contributed by atoms with Gasteiger partial charge in [0.05, 0.1) is 12.8 Å². The molecule has 1 aliphatic heterocycles. The largest absolute Gasteiger partial charge is 0.407 e. The minimum Gasteiger partial charge on any atom is -0.407 e. The number of hydrogen-bond acceptors (Lipinski definition) is 6. The van der Waals surface area contributed by atoms with Crippen molar-refractivity contribution in [3.8, 4) is 0 Å². The van der Waals surface area contributed by atoms with E-state index < -0.39 is 55.5 Å². The van der Waals surface area contributed by atoms with Crippen LogP contribution in [0.5, 0.6) is 0 Å². The van der Waals surface area contributed by atoms with Gasteiger partial charge in [-0.15, -0.1) is 0 Å². The van der Waals surface area contributed by atoms with Gasteiger partial charge in [-0.25, -0.2) is 4.79 Å². The van der Waals surface area contributed by atoms with Crippen molar-refractivity contribution >= 4 is 8.32 Å². The number of halogens is 1. The Morgan fingerprint density at radius 1 is 0.886 bits per heavy atom. The molecule has 44 heavy (non-hydrogen) atoms. The maximum atomic E-state index is 14.5. The van der Waals surface area contributed by atoms with Crippen molar-refractivity contribution in [1.82, 2.24) is 9.55 Å². The van der Waals surface area contributed by atoms with Gasteiger partial charge in [0.25, 0.3) is 5.56 Å². The van der Waals surface area contributed by atoms with Crippen molar-refractivity contribution < 1.29 is 23.4 Å². The van der Waals surface area contributed by atoms with E-state index in [1.165, 1.54) is 0 Å². The third-order valence-corrected chi connectivity index (χ3v) is 13.2. The molecule has 0 saturated carbocycles. The van der Waals surface area contributed by atoms with Crippen LogP contribution in [0.1, 0.15) is 43.7 Å². The van der Waals surface area contributed by atoms with E-state index in [9.17, 15) is 19.1 Å². The van der Waals surface area contributed by atoms with E-state index in [4.69, 9.17) is 13.9 Å². The van der Waals surface area contributed by atoms with E-state index in [1.54, 1.807) is 0 Å². The number of aliphatic hydroxyl groups excluding tert-OH is 1. The van der Waals surface area contributed by atoms with Crippen molar-refractivity contribution in [3.63, 3.8) is 0 Å². The first-order valence-electron chi connectivity index (χ1n) is 14.7. The lowest BCUT2D eigenvalue weighted by Gasteiger charge is -2.40. The van der Waals surface area contributed by atoms with Gasteiger partial charge in [-0.3, -0.25) is 14.3 Å². The molecule has 1 saturated heterocycles. The number of nitrogens with one attached hydrogen (secondary N) is 1. The molecule has 4 atom stereocenters. The van der Waals surface area contributed by atoms with Gasteiger partial charge in [0.15, 0.2) is 14.5 Å². The predicted molar refractivity (Wildman–Crippen MR) is 168 cm³/mol. The maximum absolute atomic E-state index is 14.5. The lowest BCUT2D eigenvalue weighted by atomic mass is 9.80. The van der Waals surface area contributed by atoms with Crippen molar-refractivity contribution in [3.05, 3.63) is 141 Å². The Hall–Kier alpha value is -3.67. The normalized spacial score (nSPS) is 21.0. The number of ether oxygens (including phenoxy) is 2. The second kappa shape index (κ2) is 12.4. The Morgan fingerprint density at radius 3 is 1.82 bits per heavy atom. The quantitative estimate of drug-likeness (QED) is 0.194. The number of aliphatic hydroxyl groups is 1. The zero-order valence-corrected chi connectivity index (χ0v) is 26.6. The molecule has 10 heteroatoms. The topological polar surface area (TPSA) is 103 Å². The van der Waals surface area contributed by atoms with E-state index in [-0.39, 0.29) is 11.6 Å². The van der Waals surface area contributed by atoms with Crippen LogP contribution < -0.4 is 11.2 Å². The average molecular weight is 619 g/mol. The zero-order valence-electron chi connectivity index (χ0n) is 25.6. The van der Waals surface area contributed by atoms with Gasteiger partial charge in [-0.2, -0.15) is 4.39 Å². The number of H-pyrrole nitrogens is 1. The Bertz CT molecular complexity index is 1570. The van der Waals surface area contributed by atoms with Crippen LogP contribution in [-0.2, 0) is 19.5 Å². The van der Waals surface area contributed by atoms with Crippen LogP contribution in [0.4, 0.5) is 4.39 Å². The third kappa shape index (κ3) is 6.00. The molecule has 2 unspecified atom stereocenters. The van der Waals surface area contributed by atoms with E-state index in [2.05, 4.69) is 20.8 Å². The van der Waals surface area contributed by atoms with Gasteiger partial charge in [0.1, 0.15) is 23.9 Å². The standard InChI is InChI=1S/C34H39FN2O6Si/c1-33(2,3)44(4,5)43-29-28(38)27(42-31(29)37-21-26(35)30(39)36-32(37)40)22-41-34(23-15-9-6-10-16-23,24-17-11-7-12-18-24)25-19-13-8-14-20-25/h6-21,27-29,31,38H,22H2,1-5H3,(H,36,39,40)/t27-,28?,29?,31-/m0/s1. The first-order valence-corrected chi connectivity index (χ1v) is 17.6. The van der Waals surface area contributed by atoms with Crippen molar-refractivity contribution in [2.24, 2.45) is 0 Å². The molecule has 5 rings (SSSR count). The number of aromatic amines is 1. The Balaban J connectivity index is 1.57. The minimum absolute atomic E-state index is 0.103. The number of nitrogens with zero attached hydrogens (tertiary/aromatic N) is 1. The molecule has 1 aliphatic rings. The van der Waals surface area contributed by atoms with Crippen molar-refractivity contribution in [1.29, 1.82) is 0 Å². The van der Waals surface area contributed by atoms with E-state index in [1.807, 2.05) is 109 Å². The molecular formula is C34H39FN2O6Si. The van der Waals surface area contributed by atoms with Gasteiger partial charge in [0, 0.05) is 0 Å². The average Bonchev–Trinajstić information content (AvgIpc) is 3.30. The number of aromatic nitrogens is 2. The highest BCUT2D eigenvalue weighted by Crippen LogP contribution is 2.44. The molecule has 232 valence electrons. The van der Waals surface area contributed by atoms with Crippen LogP contribution in [0.15, 0.2) is 107 Å². The van der Waals surface area contributed by atoms with Crippen LogP contribution in [0.2, 0.25) is 18.1 Å². The van der Waals surface area contributed by atoms with Gasteiger partial charge in [0.2, 0.25) is 5.82 Å². The highest BCUT2D eigenvalue weighted by Gasteiger charge is 2.51. The summed E-state index contributed by atoms with van der Waals surface area (Å²) in [6.45, 7) is 10.1. The zero-order chi connectivity index (χ0) is 31.7. The van der Waals surface area contributed by atoms with Gasteiger partial charge < -0.3 is 19.0 Å². The molecule has 0 spiro atoms. The van der Waals surface area contributed by atoms with Crippen molar-refractivity contribution in [2.75, 3.05) is 6.61 Å². The second-order valence-electron chi connectivity index (χ2n) is 12.6. The fourth-order valence-electron chi connectivity index (χ4n) is 5.35. The molecular weight excluding hydrogens is 579 g/mol. The summed E-state index contributed by atoms with van der Waals surface area (Å²) in [5.41, 5.74) is -0.476. The summed E-state index contributed by atoms with van der Waals surface area (Å²) in [5, 5.41) is 11.5. The summed E-state index contributed by atoms with van der Waals surface area (Å²) >= 11 is 0. The fourth-order valence-corrected chi connectivity index (χ4v) is 6.64. The molecule has 4 aromatic rings. The molecule has 0 bridgehead atoms. The Morgan fingerprint density at radius 2 is 1.36 bits per heavy atom. The number of hydrogen-bond donors (Lipinski definition) is 2. The van der Waals surface area contributed by atoms with E-state index in [0.29, 0.717) is 0 Å². The van der Waals surface area contributed by atoms with Crippen molar-refractivity contribution in [2.45, 2.75) is 69.0 Å². The first kappa shape index (κ1) is 31.7. The van der Waals surface area contributed by atoms with Crippen LogP contribution in [0.3, 0.4) is 0 Å². The molecule has 2 N–H and O–H groups in total. The summed E-state index contributed by atoms with van der Waals surface area (Å²) in [7, 11) is -2.54. The molecule has 1 fully saturated rings. The summed E-state index contributed by atoms with van der Waals surface area (Å²) in [4.78, 5) is 26.7. The summed E-state index contributed by atoms with van der Waals surface area (Å²) in [6, 6.07) is 29.4. The molecule has 0 amide bonds. The predicted octanol–water partition coefficient (Wildman–Crippen LogP) is 5.33. The molecule has 3 aromatic carbocycles. The smallest absolute Gasteiger partial charge is 0.330 e. The van der Waals surface area contributed by atoms with Gasteiger partial charge in [-0.1, -0.05) is 112 Å². The molecule has 1 aromatic heterocycles. The van der Waals surface area contributed by atoms with Gasteiger partial charge >= 0.3 is 5.69 Å². The molecule has 2 heterocycles. The summed E-state index contributed by atoms with van der Waals surface area (Å²) in [5.74, 6) is -1.15. The summed E-state index contributed by atoms with van der Waals surface area (Å²) < 4.78 is 35.2. The highest BCUT2D eigenvalue weighted by atomic mass is 28.4. The van der Waals surface area contributed by atoms with E-state index in [0.717, 1.165) is 27.5 Å². The highest BCUT2D eigenvalue weighted by molar-refractivity contribution is 6.74. The minimum atomic E-state index is -2.54. The molecule has 0 radical (unpaired) electrons. The maximum Gasteiger partial charge on any atom is 0.330 e. The monoisotopic (exact) mass is 618 g/mol.